The zero-order valence-corrected chi connectivity index (χ0v) is 9.61. The molecule has 0 unspecified atom stereocenters. The lowest BCUT2D eigenvalue weighted by Crippen LogP contribution is -1.84. The molecule has 0 fully saturated rings. The molecule has 2 aromatic carbocycles. The molecule has 1 nitrogen and oxygen atoms in total. The normalized spacial score (nSPS) is 10.0. The predicted octanol–water partition coefficient (Wildman–Crippen LogP) is 3.79. The molecule has 0 aliphatic rings. The summed E-state index contributed by atoms with van der Waals surface area (Å²) in [6.45, 7) is 0. The Labute approximate surface area is 99.5 Å². The van der Waals surface area contributed by atoms with Crippen molar-refractivity contribution < 1.29 is 4.79 Å². The molecule has 0 saturated carbocycles. The molecular weight excluding hydrogens is 216 g/mol. The van der Waals surface area contributed by atoms with Crippen molar-refractivity contribution in [1.29, 1.82) is 0 Å². The first kappa shape index (κ1) is 11.0. The van der Waals surface area contributed by atoms with Crippen LogP contribution < -0.4 is 0 Å². The van der Waals surface area contributed by atoms with Gasteiger partial charge in [0.05, 0.1) is 0 Å². The van der Waals surface area contributed by atoms with Gasteiger partial charge in [0.15, 0.2) is 0 Å². The van der Waals surface area contributed by atoms with Crippen molar-refractivity contribution in [3.63, 3.8) is 0 Å². The van der Waals surface area contributed by atoms with E-state index in [1.165, 1.54) is 10.5 Å². The summed E-state index contributed by atoms with van der Waals surface area (Å²) in [6, 6.07) is 18.0. The highest BCUT2D eigenvalue weighted by Gasteiger charge is 1.97. The van der Waals surface area contributed by atoms with Crippen LogP contribution in [-0.4, -0.2) is 6.29 Å². The molecule has 16 heavy (non-hydrogen) atoms. The fourth-order valence-electron chi connectivity index (χ4n) is 1.44. The second kappa shape index (κ2) is 5.52. The molecule has 0 aliphatic carbocycles. The summed E-state index contributed by atoms with van der Waals surface area (Å²) in [7, 11) is 0. The van der Waals surface area contributed by atoms with Crippen LogP contribution in [-0.2, 0) is 5.75 Å². The first-order valence-corrected chi connectivity index (χ1v) is 6.09. The van der Waals surface area contributed by atoms with Gasteiger partial charge < -0.3 is 0 Å². The second-order valence-corrected chi connectivity index (χ2v) is 4.51. The van der Waals surface area contributed by atoms with Crippen LogP contribution in [0.3, 0.4) is 0 Å². The van der Waals surface area contributed by atoms with E-state index < -0.39 is 0 Å². The molecular formula is C14H12OS. The van der Waals surface area contributed by atoms with Gasteiger partial charge in [0.2, 0.25) is 0 Å². The van der Waals surface area contributed by atoms with Crippen LogP contribution in [0.1, 0.15) is 15.9 Å². The van der Waals surface area contributed by atoms with Crippen LogP contribution in [0.25, 0.3) is 0 Å². The van der Waals surface area contributed by atoms with E-state index in [4.69, 9.17) is 0 Å². The summed E-state index contributed by atoms with van der Waals surface area (Å²) >= 11 is 1.78. The molecule has 2 aromatic rings. The van der Waals surface area contributed by atoms with Crippen LogP contribution >= 0.6 is 11.8 Å². The fraction of sp³-hybridized carbons (Fsp3) is 0.0714. The summed E-state index contributed by atoms with van der Waals surface area (Å²) < 4.78 is 0. The third kappa shape index (κ3) is 2.97. The zero-order chi connectivity index (χ0) is 11.2. The van der Waals surface area contributed by atoms with Gasteiger partial charge in [-0.2, -0.15) is 0 Å². The Balaban J connectivity index is 2.02. The summed E-state index contributed by atoms with van der Waals surface area (Å²) in [4.78, 5) is 11.9. The van der Waals surface area contributed by atoms with Crippen molar-refractivity contribution in [3.8, 4) is 0 Å². The predicted molar refractivity (Wildman–Crippen MR) is 67.8 cm³/mol. The Bertz CT molecular complexity index is 465. The maximum atomic E-state index is 10.6. The van der Waals surface area contributed by atoms with Gasteiger partial charge >= 0.3 is 0 Å². The lowest BCUT2D eigenvalue weighted by molar-refractivity contribution is 0.112. The monoisotopic (exact) mass is 228 g/mol. The van der Waals surface area contributed by atoms with Crippen molar-refractivity contribution >= 4 is 18.0 Å². The van der Waals surface area contributed by atoms with Gasteiger partial charge in [-0.3, -0.25) is 4.79 Å². The van der Waals surface area contributed by atoms with Crippen LogP contribution in [0.15, 0.2) is 59.5 Å². The summed E-state index contributed by atoms with van der Waals surface area (Å²) in [5.74, 6) is 0.895. The van der Waals surface area contributed by atoms with Crippen molar-refractivity contribution in [2.24, 2.45) is 0 Å². The number of carbonyl (C=O) groups excluding carboxylic acids is 1. The average molecular weight is 228 g/mol. The largest absolute Gasteiger partial charge is 0.298 e. The van der Waals surface area contributed by atoms with E-state index in [2.05, 4.69) is 12.1 Å². The van der Waals surface area contributed by atoms with E-state index in [9.17, 15) is 4.79 Å². The summed E-state index contributed by atoms with van der Waals surface area (Å²) in [5.41, 5.74) is 1.92. The molecule has 0 radical (unpaired) electrons. The first-order valence-electron chi connectivity index (χ1n) is 5.10. The Morgan fingerprint density at radius 3 is 2.56 bits per heavy atom. The van der Waals surface area contributed by atoms with Gasteiger partial charge in [-0.1, -0.05) is 36.4 Å². The van der Waals surface area contributed by atoms with E-state index in [1.54, 1.807) is 11.8 Å². The lowest BCUT2D eigenvalue weighted by atomic mass is 10.2. The highest BCUT2D eigenvalue weighted by Crippen LogP contribution is 2.22. The number of carbonyl (C=O) groups is 1. The van der Waals surface area contributed by atoms with Gasteiger partial charge in [-0.25, -0.2) is 0 Å². The maximum Gasteiger partial charge on any atom is 0.150 e. The van der Waals surface area contributed by atoms with Gasteiger partial charge in [-0.15, -0.1) is 11.8 Å². The minimum Gasteiger partial charge on any atom is -0.298 e. The molecule has 0 amide bonds. The molecule has 0 atom stereocenters. The minimum atomic E-state index is 0.742. The average Bonchev–Trinajstić information content (AvgIpc) is 2.38. The van der Waals surface area contributed by atoms with Crippen LogP contribution in [0, 0.1) is 0 Å². The van der Waals surface area contributed by atoms with Crippen molar-refractivity contribution in [2.75, 3.05) is 0 Å². The second-order valence-electron chi connectivity index (χ2n) is 3.46. The molecule has 0 spiro atoms. The molecule has 80 valence electrons. The van der Waals surface area contributed by atoms with Gasteiger partial charge in [-0.05, 0) is 23.8 Å². The SMILES string of the molecule is O=Cc1cccc(CSc2ccccc2)c1. The van der Waals surface area contributed by atoms with Crippen molar-refractivity contribution in [1.82, 2.24) is 0 Å². The molecule has 0 aliphatic heterocycles. The van der Waals surface area contributed by atoms with Crippen LogP contribution in [0.5, 0.6) is 0 Å². The van der Waals surface area contributed by atoms with E-state index >= 15 is 0 Å². The highest BCUT2D eigenvalue weighted by molar-refractivity contribution is 7.98. The Morgan fingerprint density at radius 2 is 1.81 bits per heavy atom. The number of hydrogen-bond acceptors (Lipinski definition) is 2. The quantitative estimate of drug-likeness (QED) is 0.585. The number of benzene rings is 2. The van der Waals surface area contributed by atoms with Crippen LogP contribution in [0.4, 0.5) is 0 Å². The zero-order valence-electron chi connectivity index (χ0n) is 8.80. The van der Waals surface area contributed by atoms with Crippen LogP contribution in [0.2, 0.25) is 0 Å². The Morgan fingerprint density at radius 1 is 1.00 bits per heavy atom. The number of hydrogen-bond donors (Lipinski definition) is 0. The third-order valence-corrected chi connectivity index (χ3v) is 3.32. The molecule has 0 aromatic heterocycles. The smallest absolute Gasteiger partial charge is 0.150 e. The molecule has 0 N–H and O–H groups in total. The minimum absolute atomic E-state index is 0.742. The standard InChI is InChI=1S/C14H12OS/c15-10-12-5-4-6-13(9-12)11-16-14-7-2-1-3-8-14/h1-10H,11H2. The number of aldehydes is 1. The molecule has 0 bridgehead atoms. The maximum absolute atomic E-state index is 10.6. The van der Waals surface area contributed by atoms with Gasteiger partial charge in [0, 0.05) is 16.2 Å². The number of rotatable bonds is 4. The van der Waals surface area contributed by atoms with E-state index in [1.807, 2.05) is 42.5 Å². The Kier molecular flexibility index (Phi) is 3.78. The molecule has 2 heteroatoms. The van der Waals surface area contributed by atoms with E-state index in [-0.39, 0.29) is 0 Å². The van der Waals surface area contributed by atoms with Crippen molar-refractivity contribution in [2.45, 2.75) is 10.6 Å². The third-order valence-electron chi connectivity index (χ3n) is 2.24. The lowest BCUT2D eigenvalue weighted by Gasteiger charge is -2.02. The fourth-order valence-corrected chi connectivity index (χ4v) is 2.30. The highest BCUT2D eigenvalue weighted by atomic mass is 32.2. The number of thioether (sulfide) groups is 1. The molecule has 0 saturated heterocycles. The van der Waals surface area contributed by atoms with E-state index in [0.717, 1.165) is 17.6 Å². The summed E-state index contributed by atoms with van der Waals surface area (Å²) in [6.07, 6.45) is 0.886. The topological polar surface area (TPSA) is 17.1 Å². The summed E-state index contributed by atoms with van der Waals surface area (Å²) in [5, 5.41) is 0. The van der Waals surface area contributed by atoms with Crippen molar-refractivity contribution in [3.05, 3.63) is 65.7 Å². The molecule has 0 heterocycles. The van der Waals surface area contributed by atoms with Gasteiger partial charge in [0.25, 0.3) is 0 Å². The molecule has 2 rings (SSSR count). The first-order chi connectivity index (χ1) is 7.88. The van der Waals surface area contributed by atoms with E-state index in [0.29, 0.717) is 0 Å². The van der Waals surface area contributed by atoms with Gasteiger partial charge in [0.1, 0.15) is 6.29 Å². The Hall–Kier alpha value is -1.54.